The van der Waals surface area contributed by atoms with Crippen LogP contribution in [0.2, 0.25) is 0 Å². The summed E-state index contributed by atoms with van der Waals surface area (Å²) in [6.45, 7) is 3.01. The summed E-state index contributed by atoms with van der Waals surface area (Å²) in [7, 11) is 0. The number of nitrogens with two attached hydrogens (primary N) is 1. The molecule has 0 aliphatic carbocycles. The maximum absolute atomic E-state index is 13.0. The summed E-state index contributed by atoms with van der Waals surface area (Å²) in [5.74, 6) is -0.472. The molecular weight excluding hydrogens is 402 g/mol. The Bertz CT molecular complexity index is 1270. The van der Waals surface area contributed by atoms with E-state index in [0.717, 1.165) is 24.2 Å². The SMILES string of the molecule is NC(=O)c1cccc2cn(-c3ccc(C(=O)N4CCN(c5ccccc5)CC4)cc3)nc12. The first-order chi connectivity index (χ1) is 15.6. The Hall–Kier alpha value is -4.13. The van der Waals surface area contributed by atoms with Crippen LogP contribution in [0, 0.1) is 0 Å². The molecule has 32 heavy (non-hydrogen) atoms. The average Bonchev–Trinajstić information content (AvgIpc) is 3.29. The van der Waals surface area contributed by atoms with Gasteiger partial charge in [-0.25, -0.2) is 4.68 Å². The van der Waals surface area contributed by atoms with Crippen LogP contribution in [0.25, 0.3) is 16.6 Å². The fraction of sp³-hybridized carbons (Fsp3) is 0.160. The van der Waals surface area contributed by atoms with E-state index in [-0.39, 0.29) is 5.91 Å². The topological polar surface area (TPSA) is 84.5 Å². The van der Waals surface area contributed by atoms with Gasteiger partial charge in [-0.15, -0.1) is 0 Å². The van der Waals surface area contributed by atoms with Crippen molar-refractivity contribution in [1.82, 2.24) is 14.7 Å². The summed E-state index contributed by atoms with van der Waals surface area (Å²) in [6.07, 6.45) is 1.85. The predicted octanol–water partition coefficient (Wildman–Crippen LogP) is 3.09. The number of carbonyl (C=O) groups is 2. The van der Waals surface area contributed by atoms with E-state index < -0.39 is 5.91 Å². The molecule has 160 valence electrons. The molecule has 2 heterocycles. The zero-order valence-electron chi connectivity index (χ0n) is 17.5. The van der Waals surface area contributed by atoms with Gasteiger partial charge in [-0.1, -0.05) is 30.3 Å². The molecule has 1 fully saturated rings. The number of para-hydroxylation sites is 1. The number of fused-ring (bicyclic) bond motifs is 1. The molecule has 5 rings (SSSR count). The predicted molar refractivity (Wildman–Crippen MR) is 124 cm³/mol. The Balaban J connectivity index is 1.30. The molecule has 7 heteroatoms. The van der Waals surface area contributed by atoms with Gasteiger partial charge in [0.2, 0.25) is 0 Å². The van der Waals surface area contributed by atoms with Crippen LogP contribution < -0.4 is 10.6 Å². The van der Waals surface area contributed by atoms with Crippen molar-refractivity contribution in [3.8, 4) is 5.69 Å². The molecule has 0 atom stereocenters. The molecule has 7 nitrogen and oxygen atoms in total. The number of hydrogen-bond acceptors (Lipinski definition) is 4. The Morgan fingerprint density at radius 3 is 2.19 bits per heavy atom. The van der Waals surface area contributed by atoms with Crippen molar-refractivity contribution in [2.75, 3.05) is 31.1 Å². The molecular formula is C25H23N5O2. The molecule has 0 radical (unpaired) electrons. The summed E-state index contributed by atoms with van der Waals surface area (Å²) >= 11 is 0. The fourth-order valence-electron chi connectivity index (χ4n) is 4.12. The van der Waals surface area contributed by atoms with Crippen molar-refractivity contribution in [1.29, 1.82) is 0 Å². The van der Waals surface area contributed by atoms with Gasteiger partial charge in [0.05, 0.1) is 11.3 Å². The van der Waals surface area contributed by atoms with Crippen LogP contribution in [-0.4, -0.2) is 52.7 Å². The van der Waals surface area contributed by atoms with Gasteiger partial charge < -0.3 is 15.5 Å². The zero-order valence-corrected chi connectivity index (χ0v) is 17.5. The smallest absolute Gasteiger partial charge is 0.253 e. The van der Waals surface area contributed by atoms with Crippen molar-refractivity contribution in [2.45, 2.75) is 0 Å². The van der Waals surface area contributed by atoms with Gasteiger partial charge in [0.25, 0.3) is 11.8 Å². The number of aromatic nitrogens is 2. The number of hydrogen-bond donors (Lipinski definition) is 1. The van der Waals surface area contributed by atoms with Crippen molar-refractivity contribution < 1.29 is 9.59 Å². The van der Waals surface area contributed by atoms with E-state index in [1.165, 1.54) is 5.69 Å². The van der Waals surface area contributed by atoms with Gasteiger partial charge in [0.15, 0.2) is 0 Å². The van der Waals surface area contributed by atoms with E-state index in [2.05, 4.69) is 22.1 Å². The third-order valence-electron chi connectivity index (χ3n) is 5.87. The first-order valence-corrected chi connectivity index (χ1v) is 10.6. The highest BCUT2D eigenvalue weighted by Crippen LogP contribution is 2.21. The van der Waals surface area contributed by atoms with Crippen molar-refractivity contribution in [2.24, 2.45) is 5.73 Å². The van der Waals surface area contributed by atoms with Crippen LogP contribution in [0.4, 0.5) is 5.69 Å². The van der Waals surface area contributed by atoms with Crippen LogP contribution in [0.1, 0.15) is 20.7 Å². The largest absolute Gasteiger partial charge is 0.368 e. The first kappa shape index (κ1) is 19.8. The Kier molecular flexibility index (Phi) is 5.07. The highest BCUT2D eigenvalue weighted by Gasteiger charge is 2.22. The van der Waals surface area contributed by atoms with E-state index in [9.17, 15) is 9.59 Å². The molecule has 1 saturated heterocycles. The minimum Gasteiger partial charge on any atom is -0.368 e. The first-order valence-electron chi connectivity index (χ1n) is 10.6. The van der Waals surface area contributed by atoms with Crippen LogP contribution in [-0.2, 0) is 0 Å². The second-order valence-electron chi connectivity index (χ2n) is 7.84. The van der Waals surface area contributed by atoms with Crippen LogP contribution >= 0.6 is 0 Å². The van der Waals surface area contributed by atoms with Crippen LogP contribution in [0.3, 0.4) is 0 Å². The quantitative estimate of drug-likeness (QED) is 0.545. The normalized spacial score (nSPS) is 14.0. The standard InChI is InChI=1S/C25H23N5O2/c26-24(31)22-8-4-5-19-17-30(27-23(19)22)21-11-9-18(10-12-21)25(32)29-15-13-28(14-16-29)20-6-2-1-3-7-20/h1-12,17H,13-16H2,(H2,26,31). The number of benzene rings is 3. The number of nitrogens with zero attached hydrogens (tertiary/aromatic N) is 4. The van der Waals surface area contributed by atoms with Gasteiger partial charge in [-0.3, -0.25) is 9.59 Å². The lowest BCUT2D eigenvalue weighted by Gasteiger charge is -2.36. The minimum absolute atomic E-state index is 0.0332. The fourth-order valence-corrected chi connectivity index (χ4v) is 4.12. The van der Waals surface area contributed by atoms with Crippen molar-refractivity contribution in [3.63, 3.8) is 0 Å². The van der Waals surface area contributed by atoms with Crippen molar-refractivity contribution >= 4 is 28.4 Å². The number of rotatable bonds is 4. The molecule has 4 aromatic rings. The molecule has 0 bridgehead atoms. The monoisotopic (exact) mass is 425 g/mol. The van der Waals surface area contributed by atoms with Gasteiger partial charge >= 0.3 is 0 Å². The average molecular weight is 425 g/mol. The van der Waals surface area contributed by atoms with E-state index >= 15 is 0 Å². The van der Waals surface area contributed by atoms with Gasteiger partial charge in [-0.2, -0.15) is 5.10 Å². The van der Waals surface area contributed by atoms with Gasteiger partial charge in [0.1, 0.15) is 5.52 Å². The third kappa shape index (κ3) is 3.69. The van der Waals surface area contributed by atoms with Crippen LogP contribution in [0.5, 0.6) is 0 Å². The van der Waals surface area contributed by atoms with E-state index in [0.29, 0.717) is 29.7 Å². The second-order valence-corrected chi connectivity index (χ2v) is 7.84. The van der Waals surface area contributed by atoms with E-state index in [1.54, 1.807) is 16.8 Å². The molecule has 2 N–H and O–H groups in total. The summed E-state index contributed by atoms with van der Waals surface area (Å²) in [5, 5.41) is 5.35. The van der Waals surface area contributed by atoms with Gasteiger partial charge in [0, 0.05) is 49.0 Å². The molecule has 0 spiro atoms. The number of carbonyl (C=O) groups excluding carboxylic acids is 2. The minimum atomic E-state index is -0.505. The maximum Gasteiger partial charge on any atom is 0.253 e. The third-order valence-corrected chi connectivity index (χ3v) is 5.87. The molecule has 1 aliphatic rings. The molecule has 1 aromatic heterocycles. The highest BCUT2D eigenvalue weighted by molar-refractivity contribution is 6.04. The van der Waals surface area contributed by atoms with Crippen molar-refractivity contribution in [3.05, 3.63) is 90.1 Å². The summed E-state index contributed by atoms with van der Waals surface area (Å²) in [5.41, 5.74) is 9.06. The zero-order chi connectivity index (χ0) is 22.1. The molecule has 0 unspecified atom stereocenters. The number of amides is 2. The molecule has 3 aromatic carbocycles. The summed E-state index contributed by atoms with van der Waals surface area (Å²) in [4.78, 5) is 28.8. The van der Waals surface area contributed by atoms with E-state index in [4.69, 9.17) is 5.73 Å². The van der Waals surface area contributed by atoms with E-state index in [1.807, 2.05) is 59.6 Å². The lowest BCUT2D eigenvalue weighted by atomic mass is 10.1. The second kappa shape index (κ2) is 8.19. The Morgan fingerprint density at radius 2 is 1.50 bits per heavy atom. The maximum atomic E-state index is 13.0. The number of piperazine rings is 1. The molecule has 1 aliphatic heterocycles. The lowest BCUT2D eigenvalue weighted by Crippen LogP contribution is -2.48. The molecule has 2 amide bonds. The van der Waals surface area contributed by atoms with Gasteiger partial charge in [-0.05, 0) is 42.5 Å². The van der Waals surface area contributed by atoms with Crippen LogP contribution in [0.15, 0.2) is 79.0 Å². The number of anilines is 1. The number of primary amides is 1. The molecule has 0 saturated carbocycles. The Labute approximate surface area is 185 Å². The summed E-state index contributed by atoms with van der Waals surface area (Å²) in [6, 6.07) is 23.0. The summed E-state index contributed by atoms with van der Waals surface area (Å²) < 4.78 is 1.70. The lowest BCUT2D eigenvalue weighted by molar-refractivity contribution is 0.0746. The Morgan fingerprint density at radius 1 is 0.781 bits per heavy atom. The highest BCUT2D eigenvalue weighted by atomic mass is 16.2.